The molecule has 1 aromatic carbocycles. The Kier molecular flexibility index (Phi) is 3.96. The zero-order valence-corrected chi connectivity index (χ0v) is 11.7. The minimum atomic E-state index is -0.493. The van der Waals surface area contributed by atoms with Crippen molar-refractivity contribution in [3.63, 3.8) is 0 Å². The first-order chi connectivity index (χ1) is 9.00. The van der Waals surface area contributed by atoms with Gasteiger partial charge in [-0.15, -0.1) is 11.3 Å². The lowest BCUT2D eigenvalue weighted by Crippen LogP contribution is -2.34. The summed E-state index contributed by atoms with van der Waals surface area (Å²) in [7, 11) is 0. The lowest BCUT2D eigenvalue weighted by molar-refractivity contribution is 0.411. The summed E-state index contributed by atoms with van der Waals surface area (Å²) >= 11 is 1.39. The van der Waals surface area contributed by atoms with Crippen molar-refractivity contribution in [1.82, 2.24) is 4.98 Å². The Bertz CT molecular complexity index is 577. The normalized spacial score (nSPS) is 11.8. The van der Waals surface area contributed by atoms with E-state index in [-0.39, 0.29) is 5.56 Å². The fourth-order valence-corrected chi connectivity index (χ4v) is 2.95. The van der Waals surface area contributed by atoms with Crippen molar-refractivity contribution in [1.29, 1.82) is 0 Å². The average molecular weight is 282 g/mol. The summed E-state index contributed by atoms with van der Waals surface area (Å²) in [6, 6.07) is 3.36. The van der Waals surface area contributed by atoms with Crippen LogP contribution >= 0.6 is 11.3 Å². The first-order valence-corrected chi connectivity index (χ1v) is 7.08. The molecule has 0 aliphatic rings. The molecule has 0 aliphatic heterocycles. The zero-order valence-electron chi connectivity index (χ0n) is 10.9. The second-order valence-electron chi connectivity index (χ2n) is 4.53. The minimum absolute atomic E-state index is 0.178. The van der Waals surface area contributed by atoms with Gasteiger partial charge in [0.2, 0.25) is 0 Å². The highest BCUT2D eigenvalue weighted by Gasteiger charge is 2.27. The molecule has 1 heterocycles. The van der Waals surface area contributed by atoms with Crippen LogP contribution in [0.15, 0.2) is 23.6 Å². The number of nitrogens with two attached hydrogens (primary N) is 1. The largest absolute Gasteiger partial charge is 0.319 e. The van der Waals surface area contributed by atoms with Gasteiger partial charge in [-0.25, -0.2) is 13.8 Å². The van der Waals surface area contributed by atoms with Crippen LogP contribution in [0.3, 0.4) is 0 Å². The molecule has 0 saturated carbocycles. The maximum atomic E-state index is 13.7. The molecule has 102 valence electrons. The molecule has 5 heteroatoms. The van der Waals surface area contributed by atoms with E-state index in [2.05, 4.69) is 4.98 Å². The third kappa shape index (κ3) is 2.67. The molecule has 2 nitrogen and oxygen atoms in total. The van der Waals surface area contributed by atoms with Gasteiger partial charge >= 0.3 is 0 Å². The Morgan fingerprint density at radius 3 is 2.58 bits per heavy atom. The number of rotatable bonds is 4. The summed E-state index contributed by atoms with van der Waals surface area (Å²) in [6.45, 7) is 3.99. The highest BCUT2D eigenvalue weighted by Crippen LogP contribution is 2.32. The van der Waals surface area contributed by atoms with Crippen LogP contribution in [0.4, 0.5) is 8.78 Å². The van der Waals surface area contributed by atoms with Crippen LogP contribution in [0.1, 0.15) is 31.7 Å². The maximum absolute atomic E-state index is 13.7. The second kappa shape index (κ2) is 5.35. The molecular weight excluding hydrogens is 266 g/mol. The molecule has 19 heavy (non-hydrogen) atoms. The van der Waals surface area contributed by atoms with Gasteiger partial charge in [0.15, 0.2) is 0 Å². The summed E-state index contributed by atoms with van der Waals surface area (Å²) in [5.41, 5.74) is 6.38. The monoisotopic (exact) mass is 282 g/mol. The van der Waals surface area contributed by atoms with Crippen LogP contribution in [0.2, 0.25) is 0 Å². The minimum Gasteiger partial charge on any atom is -0.319 e. The first kappa shape index (κ1) is 14.1. The van der Waals surface area contributed by atoms with Gasteiger partial charge < -0.3 is 5.73 Å². The van der Waals surface area contributed by atoms with E-state index >= 15 is 0 Å². The van der Waals surface area contributed by atoms with Gasteiger partial charge in [0, 0.05) is 10.9 Å². The molecule has 0 bridgehead atoms. The van der Waals surface area contributed by atoms with Crippen LogP contribution in [0.5, 0.6) is 0 Å². The van der Waals surface area contributed by atoms with Crippen molar-refractivity contribution in [2.24, 2.45) is 5.73 Å². The van der Waals surface area contributed by atoms with Crippen molar-refractivity contribution >= 4 is 11.3 Å². The molecule has 0 unspecified atom stereocenters. The van der Waals surface area contributed by atoms with Gasteiger partial charge in [0.1, 0.15) is 16.6 Å². The molecule has 1 aromatic heterocycles. The molecule has 2 aromatic rings. The Morgan fingerprint density at radius 2 is 1.95 bits per heavy atom. The third-order valence-electron chi connectivity index (χ3n) is 3.40. The number of hydrogen-bond acceptors (Lipinski definition) is 3. The summed E-state index contributed by atoms with van der Waals surface area (Å²) in [5.74, 6) is -0.954. The van der Waals surface area contributed by atoms with Gasteiger partial charge in [0.25, 0.3) is 0 Å². The smallest absolute Gasteiger partial charge is 0.132 e. The van der Waals surface area contributed by atoms with E-state index in [1.165, 1.54) is 11.3 Å². The maximum Gasteiger partial charge on any atom is 0.132 e. The molecular formula is C14H16F2N2S. The van der Waals surface area contributed by atoms with E-state index in [1.54, 1.807) is 5.38 Å². The van der Waals surface area contributed by atoms with Crippen molar-refractivity contribution in [2.45, 2.75) is 32.2 Å². The summed E-state index contributed by atoms with van der Waals surface area (Å²) in [4.78, 5) is 4.38. The van der Waals surface area contributed by atoms with Crippen LogP contribution < -0.4 is 5.73 Å². The van der Waals surface area contributed by atoms with Gasteiger partial charge in [-0.3, -0.25) is 0 Å². The lowest BCUT2D eigenvalue weighted by atomic mass is 9.95. The summed E-state index contributed by atoms with van der Waals surface area (Å²) in [5, 5.41) is 2.48. The second-order valence-corrected chi connectivity index (χ2v) is 5.38. The zero-order chi connectivity index (χ0) is 14.0. The highest BCUT2D eigenvalue weighted by molar-refractivity contribution is 7.10. The topological polar surface area (TPSA) is 38.9 Å². The number of hydrogen-bond donors (Lipinski definition) is 1. The number of thiazole rings is 1. The van der Waals surface area contributed by atoms with Gasteiger partial charge in [-0.05, 0) is 31.0 Å². The van der Waals surface area contributed by atoms with E-state index in [1.807, 2.05) is 13.8 Å². The van der Waals surface area contributed by atoms with Gasteiger partial charge in [-0.2, -0.15) is 0 Å². The highest BCUT2D eigenvalue weighted by atomic mass is 32.1. The Hall–Kier alpha value is -1.33. The molecule has 0 atom stereocenters. The number of nitrogens with zero attached hydrogens (tertiary/aromatic N) is 1. The number of halogens is 2. The average Bonchev–Trinajstić information content (AvgIpc) is 2.90. The Morgan fingerprint density at radius 1 is 1.26 bits per heavy atom. The van der Waals surface area contributed by atoms with E-state index in [0.29, 0.717) is 5.69 Å². The van der Waals surface area contributed by atoms with E-state index in [4.69, 9.17) is 5.73 Å². The van der Waals surface area contributed by atoms with Crippen molar-refractivity contribution in [3.8, 4) is 11.3 Å². The molecule has 0 aliphatic carbocycles. The third-order valence-corrected chi connectivity index (χ3v) is 4.46. The fraction of sp³-hybridized carbons (Fsp3) is 0.357. The van der Waals surface area contributed by atoms with Crippen LogP contribution in [0.25, 0.3) is 11.3 Å². The number of benzene rings is 1. The van der Waals surface area contributed by atoms with Crippen LogP contribution in [-0.2, 0) is 5.54 Å². The fourth-order valence-electron chi connectivity index (χ4n) is 1.87. The Balaban J connectivity index is 2.44. The van der Waals surface area contributed by atoms with Crippen molar-refractivity contribution in [3.05, 3.63) is 40.2 Å². The quantitative estimate of drug-likeness (QED) is 0.918. The molecule has 0 amide bonds. The van der Waals surface area contributed by atoms with E-state index in [9.17, 15) is 8.78 Å². The molecule has 0 saturated heterocycles. The predicted molar refractivity (Wildman–Crippen MR) is 73.9 cm³/mol. The molecule has 0 fully saturated rings. The SMILES string of the molecule is CCC(N)(CC)c1nc(-c2cc(F)ccc2F)cs1. The van der Waals surface area contributed by atoms with Gasteiger partial charge in [0.05, 0.1) is 11.2 Å². The predicted octanol–water partition coefficient (Wildman–Crippen LogP) is 4.06. The molecule has 2 rings (SSSR count). The standard InChI is InChI=1S/C14H16F2N2S/c1-3-14(17,4-2)13-18-12(8-19-13)10-7-9(15)5-6-11(10)16/h5-8H,3-4,17H2,1-2H3. The summed E-state index contributed by atoms with van der Waals surface area (Å²) in [6.07, 6.45) is 1.50. The van der Waals surface area contributed by atoms with E-state index < -0.39 is 17.2 Å². The molecule has 2 N–H and O–H groups in total. The van der Waals surface area contributed by atoms with E-state index in [0.717, 1.165) is 36.0 Å². The van der Waals surface area contributed by atoms with Crippen LogP contribution in [0, 0.1) is 11.6 Å². The van der Waals surface area contributed by atoms with Crippen molar-refractivity contribution in [2.75, 3.05) is 0 Å². The van der Waals surface area contributed by atoms with Crippen LogP contribution in [-0.4, -0.2) is 4.98 Å². The molecule has 0 radical (unpaired) electrons. The number of aromatic nitrogens is 1. The lowest BCUT2D eigenvalue weighted by Gasteiger charge is -2.23. The molecule has 0 spiro atoms. The Labute approximate surface area is 115 Å². The summed E-state index contributed by atoms with van der Waals surface area (Å²) < 4.78 is 26.9. The van der Waals surface area contributed by atoms with Crippen molar-refractivity contribution < 1.29 is 8.78 Å². The first-order valence-electron chi connectivity index (χ1n) is 6.20. The van der Waals surface area contributed by atoms with Gasteiger partial charge in [-0.1, -0.05) is 13.8 Å².